The Labute approximate surface area is 204 Å². The maximum Gasteiger partial charge on any atom is 0.266 e. The second-order valence-electron chi connectivity index (χ2n) is 8.43. The van der Waals surface area contributed by atoms with Crippen LogP contribution < -0.4 is 15.6 Å². The summed E-state index contributed by atoms with van der Waals surface area (Å²) in [6, 6.07) is 10.2. The van der Waals surface area contributed by atoms with Gasteiger partial charge in [0.25, 0.3) is 5.56 Å². The summed E-state index contributed by atoms with van der Waals surface area (Å²) in [7, 11) is 1.16. The monoisotopic (exact) mass is 489 g/mol. The van der Waals surface area contributed by atoms with Gasteiger partial charge in [0.05, 0.1) is 53.7 Å². The van der Waals surface area contributed by atoms with Gasteiger partial charge in [-0.05, 0) is 37.6 Å². The molecule has 2 aromatic heterocycles. The Balaban J connectivity index is 1.85. The normalized spacial score (nSPS) is 15.2. The van der Waals surface area contributed by atoms with Crippen LogP contribution in [-0.4, -0.2) is 33.3 Å². The van der Waals surface area contributed by atoms with E-state index in [4.69, 9.17) is 9.72 Å². The molecule has 1 aliphatic rings. The lowest BCUT2D eigenvalue weighted by molar-refractivity contribution is 0.277. The van der Waals surface area contributed by atoms with Crippen molar-refractivity contribution < 1.29 is 18.6 Å². The molecule has 1 aliphatic heterocycles. The molecule has 0 aliphatic carbocycles. The Bertz CT molecular complexity index is 1550. The Morgan fingerprint density at radius 1 is 1.25 bits per heavy atom. The van der Waals surface area contributed by atoms with Crippen molar-refractivity contribution in [3.63, 3.8) is 0 Å². The molecule has 0 radical (unpaired) electrons. The number of methoxy groups -OCH3 is 1. The molecule has 182 valence electrons. The summed E-state index contributed by atoms with van der Waals surface area (Å²) in [4.78, 5) is 22.9. The number of aliphatic hydroxyl groups is 1. The van der Waals surface area contributed by atoms with E-state index in [0.717, 1.165) is 25.7 Å². The van der Waals surface area contributed by atoms with Gasteiger partial charge in [-0.3, -0.25) is 14.3 Å². The van der Waals surface area contributed by atoms with Crippen molar-refractivity contribution in [3.05, 3.63) is 81.7 Å². The number of pyridine rings is 1. The van der Waals surface area contributed by atoms with Crippen LogP contribution >= 0.6 is 0 Å². The molecule has 0 spiro atoms. The van der Waals surface area contributed by atoms with E-state index in [0.29, 0.717) is 41.1 Å². The van der Waals surface area contributed by atoms with E-state index in [-0.39, 0.29) is 29.3 Å². The lowest BCUT2D eigenvalue weighted by Gasteiger charge is -2.20. The highest BCUT2D eigenvalue weighted by Crippen LogP contribution is 2.32. The first-order chi connectivity index (χ1) is 17.4. The number of nitrogens with zero attached hydrogens (tertiary/aromatic N) is 4. The summed E-state index contributed by atoms with van der Waals surface area (Å²) < 4.78 is 35.2. The molecule has 1 saturated heterocycles. The van der Waals surface area contributed by atoms with Crippen LogP contribution in [0.1, 0.15) is 36.0 Å². The number of aliphatic hydroxyl groups excluding tert-OH is 1. The second-order valence-corrected chi connectivity index (χ2v) is 8.43. The fourth-order valence-corrected chi connectivity index (χ4v) is 4.53. The highest BCUT2D eigenvalue weighted by molar-refractivity contribution is 5.94. The molecule has 1 unspecified atom stereocenters. The van der Waals surface area contributed by atoms with Crippen LogP contribution in [0, 0.1) is 23.0 Å². The lowest BCUT2D eigenvalue weighted by atomic mass is 10.00. The number of hydrogen-bond acceptors (Lipinski definition) is 7. The minimum absolute atomic E-state index is 0.0354. The van der Waals surface area contributed by atoms with Crippen LogP contribution in [0.25, 0.3) is 27.7 Å². The molecule has 4 aromatic rings. The van der Waals surface area contributed by atoms with Gasteiger partial charge in [-0.1, -0.05) is 6.07 Å². The van der Waals surface area contributed by atoms with Gasteiger partial charge in [-0.2, -0.15) is 5.26 Å². The molecule has 2 aromatic carbocycles. The first-order valence-corrected chi connectivity index (χ1v) is 11.3. The van der Waals surface area contributed by atoms with Crippen LogP contribution in [0.4, 0.5) is 8.78 Å². The van der Waals surface area contributed by atoms with E-state index in [1.807, 2.05) is 0 Å². The molecule has 10 heteroatoms. The first-order valence-electron chi connectivity index (χ1n) is 11.3. The Morgan fingerprint density at radius 3 is 2.61 bits per heavy atom. The van der Waals surface area contributed by atoms with Crippen molar-refractivity contribution in [2.45, 2.75) is 25.5 Å². The molecule has 8 nitrogen and oxygen atoms in total. The van der Waals surface area contributed by atoms with Gasteiger partial charge < -0.3 is 15.2 Å². The van der Waals surface area contributed by atoms with Gasteiger partial charge in [0, 0.05) is 29.5 Å². The minimum atomic E-state index is -0.952. The maximum absolute atomic E-state index is 14.6. The summed E-state index contributed by atoms with van der Waals surface area (Å²) in [5.74, 6) is -2.15. The Hall–Kier alpha value is -4.20. The van der Waals surface area contributed by atoms with Crippen LogP contribution in [0.15, 0.2) is 47.4 Å². The fourth-order valence-electron chi connectivity index (χ4n) is 4.53. The van der Waals surface area contributed by atoms with E-state index < -0.39 is 22.9 Å². The van der Waals surface area contributed by atoms with Crippen molar-refractivity contribution >= 4 is 10.9 Å². The van der Waals surface area contributed by atoms with E-state index >= 15 is 0 Å². The third-order valence-corrected chi connectivity index (χ3v) is 6.24. The smallest absolute Gasteiger partial charge is 0.266 e. The highest BCUT2D eigenvalue weighted by Gasteiger charge is 2.26. The summed E-state index contributed by atoms with van der Waals surface area (Å²) >= 11 is 0. The minimum Gasteiger partial charge on any atom is -0.491 e. The summed E-state index contributed by atoms with van der Waals surface area (Å²) in [5, 5.41) is 22.4. The summed E-state index contributed by atoms with van der Waals surface area (Å²) in [5.41, 5.74) is 1.54. The van der Waals surface area contributed by atoms with Crippen molar-refractivity contribution in [1.82, 2.24) is 19.9 Å². The van der Waals surface area contributed by atoms with Crippen LogP contribution in [0.5, 0.6) is 5.75 Å². The topological polar surface area (TPSA) is 113 Å². The Kier molecular flexibility index (Phi) is 6.18. The average Bonchev–Trinajstić information content (AvgIpc) is 3.43. The van der Waals surface area contributed by atoms with Gasteiger partial charge >= 0.3 is 0 Å². The van der Waals surface area contributed by atoms with E-state index in [1.54, 1.807) is 18.2 Å². The van der Waals surface area contributed by atoms with E-state index in [9.17, 15) is 23.9 Å². The van der Waals surface area contributed by atoms with Crippen LogP contribution in [0.2, 0.25) is 0 Å². The molecular weight excluding hydrogens is 468 g/mol. The zero-order valence-electron chi connectivity index (χ0n) is 19.3. The zero-order chi connectivity index (χ0) is 25.4. The van der Waals surface area contributed by atoms with Crippen molar-refractivity contribution in [2.24, 2.45) is 0 Å². The molecule has 0 saturated carbocycles. The number of fused-ring (bicyclic) bond motifs is 1. The highest BCUT2D eigenvalue weighted by atomic mass is 19.1. The Morgan fingerprint density at radius 2 is 2.03 bits per heavy atom. The number of hydrogen-bond donors (Lipinski definition) is 2. The number of nitrogens with one attached hydrogen (secondary N) is 1. The summed E-state index contributed by atoms with van der Waals surface area (Å²) in [6.07, 6.45) is 3.06. The van der Waals surface area contributed by atoms with E-state index in [2.05, 4.69) is 16.4 Å². The number of benzene rings is 2. The fraction of sp³-hybridized carbons (Fsp3) is 0.231. The van der Waals surface area contributed by atoms with Gasteiger partial charge in [0.2, 0.25) is 0 Å². The number of nitriles is 1. The van der Waals surface area contributed by atoms with Crippen molar-refractivity contribution in [2.75, 3.05) is 13.7 Å². The molecular formula is C26H21F2N5O3. The van der Waals surface area contributed by atoms with Gasteiger partial charge in [0.1, 0.15) is 5.82 Å². The predicted octanol–water partition coefficient (Wildman–Crippen LogP) is 3.52. The SMILES string of the molecule is COc1c(F)cc(-n2c(C3CCCN3)nc3c(-c4ccc(CO)nc4)cc(C#N)cc3c2=O)cc1F. The van der Waals surface area contributed by atoms with Gasteiger partial charge in [0.15, 0.2) is 17.4 Å². The predicted molar refractivity (Wildman–Crippen MR) is 128 cm³/mol. The lowest BCUT2D eigenvalue weighted by Crippen LogP contribution is -2.29. The average molecular weight is 489 g/mol. The molecule has 5 rings (SSSR count). The van der Waals surface area contributed by atoms with Gasteiger partial charge in [-0.25, -0.2) is 13.8 Å². The van der Waals surface area contributed by atoms with Crippen LogP contribution in [0.3, 0.4) is 0 Å². The maximum atomic E-state index is 14.6. The first kappa shape index (κ1) is 23.5. The quantitative estimate of drug-likeness (QED) is 0.441. The van der Waals surface area contributed by atoms with E-state index in [1.165, 1.54) is 16.8 Å². The van der Waals surface area contributed by atoms with Gasteiger partial charge in [-0.15, -0.1) is 0 Å². The summed E-state index contributed by atoms with van der Waals surface area (Å²) in [6.45, 7) is 0.478. The largest absolute Gasteiger partial charge is 0.491 e. The molecule has 36 heavy (non-hydrogen) atoms. The number of ether oxygens (including phenoxy) is 1. The van der Waals surface area contributed by atoms with Crippen LogP contribution in [-0.2, 0) is 6.61 Å². The number of aromatic nitrogens is 3. The molecule has 3 heterocycles. The number of halogens is 2. The second kappa shape index (κ2) is 9.45. The third kappa shape index (κ3) is 3.98. The molecule has 0 amide bonds. The van der Waals surface area contributed by atoms with Crippen molar-refractivity contribution in [3.8, 4) is 28.6 Å². The molecule has 0 bridgehead atoms. The number of rotatable bonds is 5. The zero-order valence-corrected chi connectivity index (χ0v) is 19.3. The van der Waals surface area contributed by atoms with Crippen molar-refractivity contribution in [1.29, 1.82) is 5.26 Å². The standard InChI is InChI=1S/C26H21F2N5O3/c1-36-24-20(27)9-17(10-21(24)28)33-25(22-3-2-6-30-22)32-23-18(15-4-5-16(13-34)31-12-15)7-14(11-29)8-19(23)26(33)35/h4-5,7-10,12,22,30,34H,2-3,6,13H2,1H3. The molecule has 1 fully saturated rings. The third-order valence-electron chi connectivity index (χ3n) is 6.24. The molecule has 1 atom stereocenters. The molecule has 2 N–H and O–H groups in total.